The SMILES string of the molecule is NC(=O)CC(NC(=O)CNC(=O)C(CCC(=O)O)NC(=O)C1CCCN1)C(=O)O. The molecule has 4 amide bonds. The number of amides is 4. The summed E-state index contributed by atoms with van der Waals surface area (Å²) >= 11 is 0. The van der Waals surface area contributed by atoms with Crippen LogP contribution in [0, 0.1) is 0 Å². The number of carboxylic acids is 2. The molecule has 1 saturated heterocycles. The van der Waals surface area contributed by atoms with Gasteiger partial charge in [-0.3, -0.25) is 24.0 Å². The summed E-state index contributed by atoms with van der Waals surface area (Å²) < 4.78 is 0. The van der Waals surface area contributed by atoms with E-state index in [9.17, 15) is 28.8 Å². The highest BCUT2D eigenvalue weighted by atomic mass is 16.4. The van der Waals surface area contributed by atoms with Crippen LogP contribution in [0.1, 0.15) is 32.1 Å². The molecule has 13 nitrogen and oxygen atoms in total. The predicted molar refractivity (Wildman–Crippen MR) is 96.2 cm³/mol. The number of nitrogens with two attached hydrogens (primary N) is 1. The Morgan fingerprint density at radius 1 is 1.07 bits per heavy atom. The maximum Gasteiger partial charge on any atom is 0.326 e. The molecule has 1 heterocycles. The second-order valence-electron chi connectivity index (χ2n) is 6.49. The summed E-state index contributed by atoms with van der Waals surface area (Å²) in [5, 5.41) is 27.4. The van der Waals surface area contributed by atoms with Crippen LogP contribution in [-0.2, 0) is 28.8 Å². The fourth-order valence-corrected chi connectivity index (χ4v) is 2.65. The molecular formula is C16H25N5O8. The first-order valence-corrected chi connectivity index (χ1v) is 8.94. The van der Waals surface area contributed by atoms with Gasteiger partial charge in [0.25, 0.3) is 0 Å². The Morgan fingerprint density at radius 2 is 1.76 bits per heavy atom. The average Bonchev–Trinajstić information content (AvgIpc) is 3.16. The molecule has 1 aliphatic rings. The van der Waals surface area contributed by atoms with Crippen molar-refractivity contribution in [3.8, 4) is 0 Å². The van der Waals surface area contributed by atoms with Crippen molar-refractivity contribution in [3.05, 3.63) is 0 Å². The molecule has 0 spiro atoms. The molecule has 3 atom stereocenters. The Hall–Kier alpha value is -3.22. The van der Waals surface area contributed by atoms with Gasteiger partial charge in [-0.15, -0.1) is 0 Å². The fourth-order valence-electron chi connectivity index (χ4n) is 2.65. The van der Waals surface area contributed by atoms with E-state index in [1.807, 2.05) is 5.32 Å². The van der Waals surface area contributed by atoms with Crippen molar-refractivity contribution >= 4 is 35.6 Å². The largest absolute Gasteiger partial charge is 0.481 e. The number of hydrogen-bond donors (Lipinski definition) is 7. The third-order valence-electron chi connectivity index (χ3n) is 4.12. The minimum absolute atomic E-state index is 0.194. The number of rotatable bonds is 12. The summed E-state index contributed by atoms with van der Waals surface area (Å²) in [6.07, 6.45) is 0.169. The molecule has 0 radical (unpaired) electrons. The van der Waals surface area contributed by atoms with E-state index in [1.54, 1.807) is 0 Å². The van der Waals surface area contributed by atoms with E-state index in [4.69, 9.17) is 15.9 Å². The number of carboxylic acid groups (broad SMARTS) is 2. The van der Waals surface area contributed by atoms with Gasteiger partial charge in [0.05, 0.1) is 19.0 Å². The second kappa shape index (κ2) is 11.6. The molecule has 0 bridgehead atoms. The number of hydrogen-bond acceptors (Lipinski definition) is 7. The third kappa shape index (κ3) is 9.01. The van der Waals surface area contributed by atoms with Crippen molar-refractivity contribution in [3.63, 3.8) is 0 Å². The highest BCUT2D eigenvalue weighted by molar-refractivity contribution is 5.93. The topological polar surface area (TPSA) is 217 Å². The first-order chi connectivity index (χ1) is 13.6. The van der Waals surface area contributed by atoms with Gasteiger partial charge in [0.2, 0.25) is 23.6 Å². The predicted octanol–water partition coefficient (Wildman–Crippen LogP) is -3.35. The Kier molecular flexibility index (Phi) is 9.51. The molecule has 13 heteroatoms. The van der Waals surface area contributed by atoms with Gasteiger partial charge in [-0.05, 0) is 25.8 Å². The zero-order valence-electron chi connectivity index (χ0n) is 15.6. The number of aliphatic carboxylic acids is 2. The van der Waals surface area contributed by atoms with Crippen LogP contribution >= 0.6 is 0 Å². The van der Waals surface area contributed by atoms with Crippen molar-refractivity contribution < 1.29 is 39.0 Å². The molecule has 1 fully saturated rings. The molecule has 0 saturated carbocycles. The van der Waals surface area contributed by atoms with Crippen LogP contribution < -0.4 is 27.0 Å². The zero-order chi connectivity index (χ0) is 22.0. The Bertz CT molecular complexity index is 662. The van der Waals surface area contributed by atoms with Gasteiger partial charge in [-0.2, -0.15) is 0 Å². The molecule has 0 aromatic carbocycles. The van der Waals surface area contributed by atoms with Crippen LogP contribution in [0.25, 0.3) is 0 Å². The van der Waals surface area contributed by atoms with E-state index in [0.717, 1.165) is 6.42 Å². The molecule has 162 valence electrons. The van der Waals surface area contributed by atoms with Crippen LogP contribution in [-0.4, -0.2) is 77.0 Å². The summed E-state index contributed by atoms with van der Waals surface area (Å²) in [4.78, 5) is 68.9. The maximum absolute atomic E-state index is 12.3. The lowest BCUT2D eigenvalue weighted by molar-refractivity contribution is -0.143. The first-order valence-electron chi connectivity index (χ1n) is 8.94. The van der Waals surface area contributed by atoms with Crippen molar-refractivity contribution in [2.45, 2.75) is 50.2 Å². The molecule has 3 unspecified atom stereocenters. The summed E-state index contributed by atoms with van der Waals surface area (Å²) in [6, 6.07) is -3.22. The van der Waals surface area contributed by atoms with Gasteiger partial charge < -0.3 is 37.2 Å². The van der Waals surface area contributed by atoms with E-state index in [-0.39, 0.29) is 12.8 Å². The van der Waals surface area contributed by atoms with Crippen LogP contribution in [0.4, 0.5) is 0 Å². The normalized spacial score (nSPS) is 17.6. The van der Waals surface area contributed by atoms with Gasteiger partial charge in [-0.1, -0.05) is 0 Å². The van der Waals surface area contributed by atoms with Crippen molar-refractivity contribution in [1.82, 2.24) is 21.3 Å². The summed E-state index contributed by atoms with van der Waals surface area (Å²) in [7, 11) is 0. The van der Waals surface area contributed by atoms with Crippen LogP contribution in [0.3, 0.4) is 0 Å². The average molecular weight is 415 g/mol. The van der Waals surface area contributed by atoms with Gasteiger partial charge in [0.15, 0.2) is 0 Å². The third-order valence-corrected chi connectivity index (χ3v) is 4.12. The first kappa shape index (κ1) is 23.8. The smallest absolute Gasteiger partial charge is 0.326 e. The summed E-state index contributed by atoms with van der Waals surface area (Å²) in [5.74, 6) is -5.71. The van der Waals surface area contributed by atoms with Crippen molar-refractivity contribution in [2.24, 2.45) is 5.73 Å². The van der Waals surface area contributed by atoms with E-state index in [0.29, 0.717) is 13.0 Å². The molecule has 1 rings (SSSR count). The lowest BCUT2D eigenvalue weighted by Crippen LogP contribution is -2.53. The number of primary amides is 1. The van der Waals surface area contributed by atoms with Crippen LogP contribution in [0.5, 0.6) is 0 Å². The Labute approximate surface area is 165 Å². The van der Waals surface area contributed by atoms with E-state index < -0.39 is 66.7 Å². The molecular weight excluding hydrogens is 390 g/mol. The molecule has 8 N–H and O–H groups in total. The fraction of sp³-hybridized carbons (Fsp3) is 0.625. The molecule has 0 aromatic heterocycles. The molecule has 0 aromatic rings. The van der Waals surface area contributed by atoms with Gasteiger partial charge in [0, 0.05) is 6.42 Å². The van der Waals surface area contributed by atoms with E-state index in [2.05, 4.69) is 16.0 Å². The molecule has 0 aliphatic carbocycles. The van der Waals surface area contributed by atoms with Crippen molar-refractivity contribution in [1.29, 1.82) is 0 Å². The van der Waals surface area contributed by atoms with Crippen LogP contribution in [0.2, 0.25) is 0 Å². The summed E-state index contributed by atoms with van der Waals surface area (Å²) in [5.41, 5.74) is 4.91. The van der Waals surface area contributed by atoms with Gasteiger partial charge in [0.1, 0.15) is 12.1 Å². The van der Waals surface area contributed by atoms with Crippen molar-refractivity contribution in [2.75, 3.05) is 13.1 Å². The number of nitrogens with one attached hydrogen (secondary N) is 4. The van der Waals surface area contributed by atoms with Gasteiger partial charge >= 0.3 is 11.9 Å². The number of carbonyl (C=O) groups excluding carboxylic acids is 4. The molecule has 1 aliphatic heterocycles. The van der Waals surface area contributed by atoms with E-state index >= 15 is 0 Å². The maximum atomic E-state index is 12.3. The quantitative estimate of drug-likeness (QED) is 0.169. The molecule has 29 heavy (non-hydrogen) atoms. The number of carbonyl (C=O) groups is 6. The van der Waals surface area contributed by atoms with E-state index in [1.165, 1.54) is 0 Å². The minimum Gasteiger partial charge on any atom is -0.481 e. The minimum atomic E-state index is -1.55. The highest BCUT2D eigenvalue weighted by Gasteiger charge is 2.28. The standard InChI is InChI=1S/C16H25N5O8/c17-11(22)6-10(16(28)29)20-12(23)7-19-14(26)9(3-4-13(24)25)21-15(27)8-2-1-5-18-8/h8-10,18H,1-7H2,(H2,17,22)(H,19,26)(H,20,23)(H,21,27)(H,24,25)(H,28,29). The van der Waals surface area contributed by atoms with Crippen LogP contribution in [0.15, 0.2) is 0 Å². The lowest BCUT2D eigenvalue weighted by atomic mass is 10.1. The monoisotopic (exact) mass is 415 g/mol. The zero-order valence-corrected chi connectivity index (χ0v) is 15.6. The Morgan fingerprint density at radius 3 is 2.28 bits per heavy atom. The Balaban J connectivity index is 2.61. The lowest BCUT2D eigenvalue weighted by Gasteiger charge is -2.20. The summed E-state index contributed by atoms with van der Waals surface area (Å²) in [6.45, 7) is 0.0167. The second-order valence-corrected chi connectivity index (χ2v) is 6.49. The highest BCUT2D eigenvalue weighted by Crippen LogP contribution is 2.06. The van der Waals surface area contributed by atoms with Gasteiger partial charge in [-0.25, -0.2) is 4.79 Å².